The maximum Gasteiger partial charge on any atom is 0.345 e. The molecule has 9 heteroatoms. The number of benzene rings is 4. The molecule has 0 unspecified atom stereocenters. The van der Waals surface area contributed by atoms with Crippen molar-refractivity contribution in [2.75, 3.05) is 5.32 Å². The van der Waals surface area contributed by atoms with Crippen molar-refractivity contribution in [1.29, 1.82) is 0 Å². The first kappa shape index (κ1) is 24.1. The highest BCUT2D eigenvalue weighted by molar-refractivity contribution is 9.10. The van der Waals surface area contributed by atoms with E-state index in [9.17, 15) is 14.4 Å². The molecule has 0 aliphatic heterocycles. The van der Waals surface area contributed by atoms with Crippen LogP contribution >= 0.6 is 27.5 Å². The van der Waals surface area contributed by atoms with Gasteiger partial charge in [-0.3, -0.25) is 9.59 Å². The van der Waals surface area contributed by atoms with E-state index < -0.39 is 17.8 Å². The van der Waals surface area contributed by atoms with Gasteiger partial charge in [-0.1, -0.05) is 76.1 Å². The van der Waals surface area contributed by atoms with Crippen LogP contribution in [-0.4, -0.2) is 24.0 Å². The highest BCUT2D eigenvalue weighted by atomic mass is 79.9. The molecule has 0 heterocycles. The number of nitrogens with one attached hydrogen (secondary N) is 2. The van der Waals surface area contributed by atoms with Crippen molar-refractivity contribution in [2.24, 2.45) is 5.10 Å². The first-order chi connectivity index (χ1) is 16.9. The SMILES string of the molecule is O=C(NN=Cc1cc(Br)ccc1OC(=O)c1ccccc1Cl)C(=O)Nc1cccc2ccccc12. The summed E-state index contributed by atoms with van der Waals surface area (Å²) in [5.74, 6) is -2.29. The maximum absolute atomic E-state index is 12.5. The lowest BCUT2D eigenvalue weighted by Crippen LogP contribution is -2.32. The van der Waals surface area contributed by atoms with Gasteiger partial charge in [0.15, 0.2) is 0 Å². The van der Waals surface area contributed by atoms with Crippen molar-refractivity contribution in [1.82, 2.24) is 5.43 Å². The Balaban J connectivity index is 1.44. The number of carbonyl (C=O) groups excluding carboxylic acids is 3. The van der Waals surface area contributed by atoms with E-state index in [4.69, 9.17) is 16.3 Å². The lowest BCUT2D eigenvalue weighted by molar-refractivity contribution is -0.136. The maximum atomic E-state index is 12.5. The second-order valence-corrected chi connectivity index (χ2v) is 8.55. The Morgan fingerprint density at radius 1 is 0.886 bits per heavy atom. The van der Waals surface area contributed by atoms with Gasteiger partial charge in [0, 0.05) is 21.1 Å². The monoisotopic (exact) mass is 549 g/mol. The average molecular weight is 551 g/mol. The predicted molar refractivity (Wildman–Crippen MR) is 139 cm³/mol. The summed E-state index contributed by atoms with van der Waals surface area (Å²) in [6.45, 7) is 0. The molecule has 0 saturated heterocycles. The van der Waals surface area contributed by atoms with Crippen LogP contribution < -0.4 is 15.5 Å². The third kappa shape index (κ3) is 5.92. The first-order valence-corrected chi connectivity index (χ1v) is 11.5. The second-order valence-electron chi connectivity index (χ2n) is 7.23. The number of hydrazone groups is 1. The summed E-state index contributed by atoms with van der Waals surface area (Å²) in [6, 6.07) is 24.3. The molecular weight excluding hydrogens is 534 g/mol. The summed E-state index contributed by atoms with van der Waals surface area (Å²) in [7, 11) is 0. The molecule has 0 bridgehead atoms. The number of nitrogens with zero attached hydrogens (tertiary/aromatic N) is 1. The van der Waals surface area contributed by atoms with E-state index in [0.717, 1.165) is 10.8 Å². The lowest BCUT2D eigenvalue weighted by Gasteiger charge is -2.09. The molecule has 0 aromatic heterocycles. The van der Waals surface area contributed by atoms with E-state index in [1.54, 1.807) is 54.6 Å². The van der Waals surface area contributed by atoms with Crippen molar-refractivity contribution in [2.45, 2.75) is 0 Å². The Morgan fingerprint density at radius 3 is 2.46 bits per heavy atom. The van der Waals surface area contributed by atoms with Gasteiger partial charge in [-0.05, 0) is 41.8 Å². The molecule has 4 rings (SSSR count). The molecule has 0 fully saturated rings. The Kier molecular flexibility index (Phi) is 7.54. The Labute approximate surface area is 213 Å². The fraction of sp³-hybridized carbons (Fsp3) is 0. The fourth-order valence-corrected chi connectivity index (χ4v) is 3.81. The standard InChI is InChI=1S/C26H17BrClN3O4/c27-18-12-13-23(35-26(34)20-9-3-4-10-21(20)28)17(14-18)15-29-31-25(33)24(32)30-22-11-5-7-16-6-1-2-8-19(16)22/h1-15H,(H,30,32)(H,31,33). The summed E-state index contributed by atoms with van der Waals surface area (Å²) in [5, 5.41) is 8.42. The molecule has 7 nitrogen and oxygen atoms in total. The van der Waals surface area contributed by atoms with Crippen molar-refractivity contribution >= 4 is 68.0 Å². The molecule has 0 saturated carbocycles. The number of rotatable bonds is 5. The molecule has 4 aromatic rings. The van der Waals surface area contributed by atoms with Crippen LogP contribution in [0.15, 0.2) is 94.5 Å². The number of anilines is 1. The van der Waals surface area contributed by atoms with Gasteiger partial charge in [0.1, 0.15) is 5.75 Å². The third-order valence-electron chi connectivity index (χ3n) is 4.88. The van der Waals surface area contributed by atoms with Crippen molar-refractivity contribution in [3.8, 4) is 5.75 Å². The number of hydrogen-bond acceptors (Lipinski definition) is 5. The van der Waals surface area contributed by atoms with Gasteiger partial charge < -0.3 is 10.1 Å². The number of hydrogen-bond donors (Lipinski definition) is 2. The van der Waals surface area contributed by atoms with Crippen LogP contribution in [0.4, 0.5) is 5.69 Å². The second kappa shape index (κ2) is 10.9. The van der Waals surface area contributed by atoms with Crippen LogP contribution in [0, 0.1) is 0 Å². The molecular formula is C26H17BrClN3O4. The van der Waals surface area contributed by atoms with Gasteiger partial charge in [-0.2, -0.15) is 5.10 Å². The topological polar surface area (TPSA) is 96.9 Å². The average Bonchev–Trinajstić information content (AvgIpc) is 2.86. The normalized spacial score (nSPS) is 10.8. The third-order valence-corrected chi connectivity index (χ3v) is 5.70. The van der Waals surface area contributed by atoms with Gasteiger partial charge in [0.05, 0.1) is 16.8 Å². The number of ether oxygens (including phenoxy) is 1. The molecule has 0 atom stereocenters. The predicted octanol–water partition coefficient (Wildman–Crippen LogP) is 5.56. The molecule has 0 aliphatic carbocycles. The smallest absolute Gasteiger partial charge is 0.345 e. The molecule has 4 aromatic carbocycles. The minimum Gasteiger partial charge on any atom is -0.422 e. The van der Waals surface area contributed by atoms with E-state index in [1.807, 2.05) is 30.3 Å². The Bertz CT molecular complexity index is 1470. The van der Waals surface area contributed by atoms with Gasteiger partial charge >= 0.3 is 17.8 Å². The van der Waals surface area contributed by atoms with Crippen LogP contribution in [0.5, 0.6) is 5.75 Å². The highest BCUT2D eigenvalue weighted by Crippen LogP contribution is 2.25. The number of esters is 1. The van der Waals surface area contributed by atoms with E-state index >= 15 is 0 Å². The van der Waals surface area contributed by atoms with Crippen LogP contribution in [0.3, 0.4) is 0 Å². The fourth-order valence-electron chi connectivity index (χ4n) is 3.22. The number of halogens is 2. The zero-order chi connectivity index (χ0) is 24.8. The van der Waals surface area contributed by atoms with Gasteiger partial charge in [0.25, 0.3) is 0 Å². The molecule has 0 radical (unpaired) electrons. The van der Waals surface area contributed by atoms with E-state index in [1.165, 1.54) is 6.21 Å². The highest BCUT2D eigenvalue weighted by Gasteiger charge is 2.16. The molecule has 2 N–H and O–H groups in total. The van der Waals surface area contributed by atoms with Crippen molar-refractivity contribution in [3.63, 3.8) is 0 Å². The molecule has 0 spiro atoms. The first-order valence-electron chi connectivity index (χ1n) is 10.3. The number of fused-ring (bicyclic) bond motifs is 1. The Morgan fingerprint density at radius 2 is 1.63 bits per heavy atom. The quantitative estimate of drug-likeness (QED) is 0.112. The van der Waals surface area contributed by atoms with Crippen LogP contribution in [0.25, 0.3) is 10.8 Å². The van der Waals surface area contributed by atoms with Crippen LogP contribution in [-0.2, 0) is 9.59 Å². The Hall–Kier alpha value is -4.01. The number of amides is 2. The van der Waals surface area contributed by atoms with Crippen molar-refractivity contribution < 1.29 is 19.1 Å². The molecule has 35 heavy (non-hydrogen) atoms. The van der Waals surface area contributed by atoms with E-state index in [0.29, 0.717) is 15.7 Å². The van der Waals surface area contributed by atoms with Crippen LogP contribution in [0.2, 0.25) is 5.02 Å². The summed E-state index contributed by atoms with van der Waals surface area (Å²) in [6.07, 6.45) is 1.27. The van der Waals surface area contributed by atoms with Gasteiger partial charge in [0.2, 0.25) is 0 Å². The largest absolute Gasteiger partial charge is 0.422 e. The molecule has 2 amide bonds. The zero-order valence-electron chi connectivity index (χ0n) is 18.0. The van der Waals surface area contributed by atoms with E-state index in [-0.39, 0.29) is 16.3 Å². The summed E-state index contributed by atoms with van der Waals surface area (Å²) < 4.78 is 6.16. The summed E-state index contributed by atoms with van der Waals surface area (Å²) in [4.78, 5) is 37.2. The van der Waals surface area contributed by atoms with Crippen molar-refractivity contribution in [3.05, 3.63) is 106 Å². The summed E-state index contributed by atoms with van der Waals surface area (Å²) in [5.41, 5.74) is 3.28. The van der Waals surface area contributed by atoms with E-state index in [2.05, 4.69) is 31.8 Å². The molecule has 0 aliphatic rings. The van der Waals surface area contributed by atoms with Crippen LogP contribution in [0.1, 0.15) is 15.9 Å². The minimum atomic E-state index is -0.959. The van der Waals surface area contributed by atoms with Gasteiger partial charge in [-0.25, -0.2) is 10.2 Å². The lowest BCUT2D eigenvalue weighted by atomic mass is 10.1. The van der Waals surface area contributed by atoms with Gasteiger partial charge in [-0.15, -0.1) is 0 Å². The summed E-state index contributed by atoms with van der Waals surface area (Å²) >= 11 is 9.41. The zero-order valence-corrected chi connectivity index (χ0v) is 20.3. The minimum absolute atomic E-state index is 0.191. The number of carbonyl (C=O) groups is 3. The molecule has 174 valence electrons.